The summed E-state index contributed by atoms with van der Waals surface area (Å²) in [4.78, 5) is 23.6. The minimum Gasteiger partial charge on any atom is -0.391 e. The molecule has 3 atom stereocenters. The summed E-state index contributed by atoms with van der Waals surface area (Å²) in [5.74, 6) is 3.26. The first-order chi connectivity index (χ1) is 15.1. The second-order valence-corrected chi connectivity index (χ2v) is 10.2. The van der Waals surface area contributed by atoms with E-state index in [1.165, 1.54) is 32.1 Å². The van der Waals surface area contributed by atoms with E-state index in [1.807, 2.05) is 35.2 Å². The van der Waals surface area contributed by atoms with Gasteiger partial charge in [-0.25, -0.2) is 9.97 Å². The maximum atomic E-state index is 12.8. The van der Waals surface area contributed by atoms with Crippen LogP contribution in [0.1, 0.15) is 53.7 Å². The first-order valence-corrected chi connectivity index (χ1v) is 11.7. The normalized spacial score (nSPS) is 31.5. The number of fused-ring (bicyclic) bond motifs is 1. The molecule has 1 aromatic heterocycles. The zero-order valence-corrected chi connectivity index (χ0v) is 17.8. The van der Waals surface area contributed by atoms with Crippen LogP contribution in [0.15, 0.2) is 36.7 Å². The fourth-order valence-corrected chi connectivity index (χ4v) is 7.24. The lowest BCUT2D eigenvalue weighted by Crippen LogP contribution is -2.41. The molecule has 0 saturated heterocycles. The van der Waals surface area contributed by atoms with Crippen molar-refractivity contribution in [1.29, 1.82) is 0 Å². The Labute approximate surface area is 183 Å². The van der Waals surface area contributed by atoms with Gasteiger partial charge < -0.3 is 15.3 Å². The van der Waals surface area contributed by atoms with E-state index < -0.39 is 0 Å². The molecule has 0 spiro atoms. The minimum absolute atomic E-state index is 0.0426. The third-order valence-electron chi connectivity index (χ3n) is 8.49. The molecule has 4 aliphatic carbocycles. The van der Waals surface area contributed by atoms with E-state index in [2.05, 4.69) is 15.3 Å². The summed E-state index contributed by atoms with van der Waals surface area (Å²) >= 11 is 0. The molecule has 1 aromatic carbocycles. The third-order valence-corrected chi connectivity index (χ3v) is 8.49. The molecule has 2 N–H and O–H groups in total. The van der Waals surface area contributed by atoms with Gasteiger partial charge in [0.25, 0.3) is 5.91 Å². The van der Waals surface area contributed by atoms with Crippen molar-refractivity contribution >= 4 is 11.7 Å². The number of aliphatic hydroxyl groups is 1. The van der Waals surface area contributed by atoms with Crippen LogP contribution in [0.4, 0.5) is 5.82 Å². The van der Waals surface area contributed by atoms with E-state index in [0.29, 0.717) is 31.1 Å². The largest absolute Gasteiger partial charge is 0.391 e. The van der Waals surface area contributed by atoms with Gasteiger partial charge in [0.2, 0.25) is 0 Å². The number of aliphatic hydroxyl groups excluding tert-OH is 1. The molecule has 3 unspecified atom stereocenters. The third kappa shape index (κ3) is 3.15. The molecular formula is C25H30N4O2. The summed E-state index contributed by atoms with van der Waals surface area (Å²) in [6, 6.07) is 9.42. The van der Waals surface area contributed by atoms with E-state index >= 15 is 0 Å². The first kappa shape index (κ1) is 19.2. The zero-order valence-electron chi connectivity index (χ0n) is 17.8. The summed E-state index contributed by atoms with van der Waals surface area (Å²) in [5.41, 5.74) is 2.83. The number of nitrogens with one attached hydrogen (secondary N) is 1. The average Bonchev–Trinajstić information content (AvgIpc) is 3.21. The highest BCUT2D eigenvalue weighted by molar-refractivity contribution is 5.94. The minimum atomic E-state index is -0.321. The lowest BCUT2D eigenvalue weighted by molar-refractivity contribution is 0.00960. The van der Waals surface area contributed by atoms with Gasteiger partial charge in [-0.3, -0.25) is 4.79 Å². The van der Waals surface area contributed by atoms with Crippen molar-refractivity contribution in [3.63, 3.8) is 0 Å². The van der Waals surface area contributed by atoms with Crippen LogP contribution in [0.5, 0.6) is 0 Å². The van der Waals surface area contributed by atoms with Crippen LogP contribution < -0.4 is 5.32 Å². The van der Waals surface area contributed by atoms with Gasteiger partial charge in [0, 0.05) is 29.6 Å². The lowest BCUT2D eigenvalue weighted by Gasteiger charge is -2.37. The number of carbonyl (C=O) groups excluding carboxylic acids is 1. The van der Waals surface area contributed by atoms with Gasteiger partial charge in [-0.15, -0.1) is 0 Å². The topological polar surface area (TPSA) is 78.4 Å². The number of hydrogen-bond acceptors (Lipinski definition) is 5. The number of amides is 1. The number of carbonyl (C=O) groups is 1. The Hall–Kier alpha value is -2.47. The maximum Gasteiger partial charge on any atom is 0.254 e. The number of hydrogen-bond donors (Lipinski definition) is 2. The quantitative estimate of drug-likeness (QED) is 0.779. The van der Waals surface area contributed by atoms with Gasteiger partial charge >= 0.3 is 0 Å². The number of aromatic nitrogens is 2. The van der Waals surface area contributed by atoms with Crippen LogP contribution in [-0.2, 0) is 13.0 Å². The summed E-state index contributed by atoms with van der Waals surface area (Å²) < 4.78 is 0. The molecule has 2 aromatic rings. The Bertz CT molecular complexity index is 980. The van der Waals surface area contributed by atoms with Crippen LogP contribution in [0.2, 0.25) is 0 Å². The van der Waals surface area contributed by atoms with Crippen LogP contribution in [0, 0.1) is 23.2 Å². The Morgan fingerprint density at radius 1 is 1.16 bits per heavy atom. The molecule has 31 heavy (non-hydrogen) atoms. The standard InChI is InChI=1S/C25H30N4O2/c30-22(25-11-16-8-17(12-25)10-19(25)9-16)13-26-23-20-6-7-29(14-21(20)27-15-28-23)24(31)18-4-2-1-3-5-18/h1-5,15-17,19,22,30H,6-14H2,(H,26,27,28). The van der Waals surface area contributed by atoms with Gasteiger partial charge in [-0.2, -0.15) is 0 Å². The van der Waals surface area contributed by atoms with Crippen LogP contribution in [0.25, 0.3) is 0 Å². The van der Waals surface area contributed by atoms with Crippen molar-refractivity contribution in [2.24, 2.45) is 23.2 Å². The van der Waals surface area contributed by atoms with Crippen molar-refractivity contribution in [2.75, 3.05) is 18.4 Å². The predicted octanol–water partition coefficient (Wildman–Crippen LogP) is 3.27. The average molecular weight is 419 g/mol. The number of rotatable bonds is 5. The van der Waals surface area contributed by atoms with Crippen LogP contribution in [-0.4, -0.2) is 45.1 Å². The molecule has 0 radical (unpaired) electrons. The molecule has 6 heteroatoms. The fraction of sp³-hybridized carbons (Fsp3) is 0.560. The number of nitrogens with zero attached hydrogens (tertiary/aromatic N) is 3. The van der Waals surface area contributed by atoms with Gasteiger partial charge in [-0.05, 0) is 68.4 Å². The maximum absolute atomic E-state index is 12.8. The van der Waals surface area contributed by atoms with Crippen molar-refractivity contribution < 1.29 is 9.90 Å². The second kappa shape index (κ2) is 7.30. The van der Waals surface area contributed by atoms with E-state index in [0.717, 1.165) is 35.3 Å². The van der Waals surface area contributed by atoms with Crippen LogP contribution >= 0.6 is 0 Å². The highest BCUT2D eigenvalue weighted by Crippen LogP contribution is 2.66. The van der Waals surface area contributed by atoms with E-state index in [-0.39, 0.29) is 17.4 Å². The van der Waals surface area contributed by atoms with E-state index in [4.69, 9.17) is 0 Å². The smallest absolute Gasteiger partial charge is 0.254 e. The molecule has 2 heterocycles. The molecule has 7 rings (SSSR count). The Morgan fingerprint density at radius 2 is 1.94 bits per heavy atom. The zero-order chi connectivity index (χ0) is 21.0. The lowest BCUT2D eigenvalue weighted by atomic mass is 9.72. The first-order valence-electron chi connectivity index (χ1n) is 11.7. The monoisotopic (exact) mass is 418 g/mol. The number of anilines is 1. The van der Waals surface area contributed by atoms with Gasteiger partial charge in [0.1, 0.15) is 12.1 Å². The highest BCUT2D eigenvalue weighted by atomic mass is 16.3. The Morgan fingerprint density at radius 3 is 2.71 bits per heavy atom. The SMILES string of the molecule is O=C(c1ccccc1)N1CCc2c(ncnc2NCC(O)C23CC4CC(CC2C4)C3)C1. The summed E-state index contributed by atoms with van der Waals surface area (Å²) in [6.45, 7) is 1.70. The summed E-state index contributed by atoms with van der Waals surface area (Å²) in [5, 5.41) is 14.7. The molecule has 4 fully saturated rings. The second-order valence-electron chi connectivity index (χ2n) is 10.2. The molecule has 5 aliphatic rings. The Kier molecular flexibility index (Phi) is 4.53. The summed E-state index contributed by atoms with van der Waals surface area (Å²) in [6.07, 6.45) is 8.42. The fourth-order valence-electron chi connectivity index (χ4n) is 7.24. The van der Waals surface area contributed by atoms with E-state index in [9.17, 15) is 9.90 Å². The molecule has 1 aliphatic heterocycles. The molecular weight excluding hydrogens is 388 g/mol. The Balaban J connectivity index is 1.15. The van der Waals surface area contributed by atoms with Gasteiger partial charge in [-0.1, -0.05) is 18.2 Å². The van der Waals surface area contributed by atoms with Crippen LogP contribution in [0.3, 0.4) is 0 Å². The van der Waals surface area contributed by atoms with Crippen molar-refractivity contribution in [3.8, 4) is 0 Å². The number of benzene rings is 1. The van der Waals surface area contributed by atoms with Crippen molar-refractivity contribution in [1.82, 2.24) is 14.9 Å². The van der Waals surface area contributed by atoms with Crippen molar-refractivity contribution in [2.45, 2.75) is 51.2 Å². The molecule has 4 bridgehead atoms. The molecule has 6 nitrogen and oxygen atoms in total. The predicted molar refractivity (Wildman–Crippen MR) is 117 cm³/mol. The molecule has 1 amide bonds. The summed E-state index contributed by atoms with van der Waals surface area (Å²) in [7, 11) is 0. The highest BCUT2D eigenvalue weighted by Gasteiger charge is 2.60. The molecule has 162 valence electrons. The van der Waals surface area contributed by atoms with E-state index in [1.54, 1.807) is 6.33 Å². The molecule has 4 saturated carbocycles. The van der Waals surface area contributed by atoms with Gasteiger partial charge in [0.15, 0.2) is 0 Å². The van der Waals surface area contributed by atoms with Crippen molar-refractivity contribution in [3.05, 3.63) is 53.5 Å². The van der Waals surface area contributed by atoms with Gasteiger partial charge in [0.05, 0.1) is 18.3 Å².